The lowest BCUT2D eigenvalue weighted by Gasteiger charge is -2.51. The summed E-state index contributed by atoms with van der Waals surface area (Å²) < 4.78 is 70.3. The lowest BCUT2D eigenvalue weighted by Crippen LogP contribution is -2.67. The van der Waals surface area contributed by atoms with Crippen LogP contribution in [0.3, 0.4) is 0 Å². The van der Waals surface area contributed by atoms with Crippen LogP contribution in [0, 0.1) is 0 Å². The maximum absolute atomic E-state index is 7.20. The van der Waals surface area contributed by atoms with Gasteiger partial charge < -0.3 is 49.7 Å². The first kappa shape index (κ1) is 55.8. The molecular formula is C37H89NO11Si8. The van der Waals surface area contributed by atoms with E-state index in [2.05, 4.69) is 162 Å². The smallest absolute Gasteiger partial charge is 0.185 e. The van der Waals surface area contributed by atoms with Gasteiger partial charge in [0.2, 0.25) is 0 Å². The van der Waals surface area contributed by atoms with Crippen molar-refractivity contribution >= 4 is 72.8 Å². The number of hydrogen-bond acceptors (Lipinski definition) is 12. The maximum atomic E-state index is 7.20. The van der Waals surface area contributed by atoms with Crippen molar-refractivity contribution in [2.75, 3.05) is 20.3 Å². The van der Waals surface area contributed by atoms with Crippen LogP contribution in [-0.2, 0) is 49.7 Å². The summed E-state index contributed by atoms with van der Waals surface area (Å²) in [5.41, 5.74) is 0. The van der Waals surface area contributed by atoms with E-state index < -0.39 is 122 Å². The normalized spacial score (nSPS) is 24.8. The number of ether oxygens (including phenoxy) is 2. The fourth-order valence-electron chi connectivity index (χ4n) is 6.15. The van der Waals surface area contributed by atoms with E-state index in [0.29, 0.717) is 6.61 Å². The largest absolute Gasteiger partial charge is 0.415 e. The van der Waals surface area contributed by atoms with E-state index in [1.807, 2.05) is 0 Å². The van der Waals surface area contributed by atoms with Crippen molar-refractivity contribution in [3.8, 4) is 0 Å². The monoisotopic (exact) mass is 947 g/mol. The van der Waals surface area contributed by atoms with Gasteiger partial charge in [-0.05, 0) is 157 Å². The van der Waals surface area contributed by atoms with Crippen molar-refractivity contribution in [3.63, 3.8) is 0 Å². The van der Waals surface area contributed by atoms with Crippen molar-refractivity contribution in [2.45, 2.75) is 212 Å². The molecule has 0 aromatic heterocycles. The molecule has 0 N–H and O–H groups in total. The van der Waals surface area contributed by atoms with Gasteiger partial charge in [-0.25, -0.2) is 0 Å². The molecule has 0 amide bonds. The first-order chi connectivity index (χ1) is 25.2. The standard InChI is InChI=1S/C37H89NO11Si8/c1-39-38-26-29(43-51(5,6)7)32(45-53(11,12)13)34(47-55(17,18)19)31(44-52(8,9)10)27-40-37-36(49-57(23,24)25)35(48-56(20,21)22)33(46-54(14,15)16)30(42-37)28-41-50(2,3)4/h26,29-37H,27-28H2,1-25H3. The average molecular weight is 949 g/mol. The fraction of sp³-hybridized carbons (Fsp3) is 0.973. The van der Waals surface area contributed by atoms with Gasteiger partial charge in [-0.2, -0.15) is 0 Å². The second-order valence-electron chi connectivity index (χ2n) is 23.2. The summed E-state index contributed by atoms with van der Waals surface area (Å²) in [5.74, 6) is 0. The van der Waals surface area contributed by atoms with E-state index in [1.165, 1.54) is 0 Å². The fourth-order valence-corrected chi connectivity index (χ4v) is 14.4. The summed E-state index contributed by atoms with van der Waals surface area (Å²) >= 11 is 0. The summed E-state index contributed by atoms with van der Waals surface area (Å²) in [6.07, 6.45) is -3.12. The molecule has 0 bridgehead atoms. The summed E-state index contributed by atoms with van der Waals surface area (Å²) in [7, 11) is -15.7. The van der Waals surface area contributed by atoms with Crippen molar-refractivity contribution in [3.05, 3.63) is 0 Å². The number of rotatable bonds is 25. The lowest BCUT2D eigenvalue weighted by molar-refractivity contribution is -0.296. The van der Waals surface area contributed by atoms with E-state index in [9.17, 15) is 0 Å². The molecule has 0 aliphatic carbocycles. The molecule has 0 radical (unpaired) electrons. The van der Waals surface area contributed by atoms with E-state index in [4.69, 9.17) is 49.7 Å². The molecule has 1 heterocycles. The van der Waals surface area contributed by atoms with Gasteiger partial charge in [0.25, 0.3) is 0 Å². The molecule has 9 atom stereocenters. The minimum atomic E-state index is -2.25. The molecule has 0 saturated carbocycles. The van der Waals surface area contributed by atoms with Crippen molar-refractivity contribution < 1.29 is 49.7 Å². The van der Waals surface area contributed by atoms with Gasteiger partial charge in [0.15, 0.2) is 72.8 Å². The Kier molecular flexibility index (Phi) is 21.0. The highest BCUT2D eigenvalue weighted by molar-refractivity contribution is 6.72. The third-order valence-corrected chi connectivity index (χ3v) is 15.4. The number of oxime groups is 1. The molecule has 1 aliphatic heterocycles. The minimum absolute atomic E-state index is 0.156. The van der Waals surface area contributed by atoms with Crippen LogP contribution in [0.2, 0.25) is 157 Å². The van der Waals surface area contributed by atoms with Gasteiger partial charge in [0.1, 0.15) is 43.7 Å². The molecule has 12 nitrogen and oxygen atoms in total. The van der Waals surface area contributed by atoms with E-state index in [-0.39, 0.29) is 6.61 Å². The average Bonchev–Trinajstić information content (AvgIpc) is 2.92. The van der Waals surface area contributed by atoms with Gasteiger partial charge >= 0.3 is 0 Å². The van der Waals surface area contributed by atoms with Crippen molar-refractivity contribution in [2.24, 2.45) is 5.16 Å². The van der Waals surface area contributed by atoms with E-state index >= 15 is 0 Å². The minimum Gasteiger partial charge on any atom is -0.415 e. The molecule has 1 saturated heterocycles. The molecular weight excluding hydrogens is 859 g/mol. The molecule has 0 aromatic carbocycles. The molecule has 0 spiro atoms. The molecule has 9 unspecified atom stereocenters. The maximum Gasteiger partial charge on any atom is 0.185 e. The molecule has 1 rings (SSSR count). The topological polar surface area (TPSA) is 114 Å². The van der Waals surface area contributed by atoms with Gasteiger partial charge in [-0.1, -0.05) is 5.16 Å². The zero-order valence-corrected chi connectivity index (χ0v) is 49.1. The highest BCUT2D eigenvalue weighted by Gasteiger charge is 2.53. The molecule has 340 valence electrons. The third kappa shape index (κ3) is 24.9. The van der Waals surface area contributed by atoms with Crippen molar-refractivity contribution in [1.82, 2.24) is 0 Å². The Hall–Kier alpha value is 0.805. The Morgan fingerprint density at radius 3 is 1.32 bits per heavy atom. The second-order valence-corrected chi connectivity index (χ2v) is 58.9. The van der Waals surface area contributed by atoms with Gasteiger partial charge in [0.05, 0.1) is 31.6 Å². The zero-order chi connectivity index (χ0) is 44.8. The van der Waals surface area contributed by atoms with Crippen LogP contribution < -0.4 is 0 Å². The lowest BCUT2D eigenvalue weighted by atomic mass is 9.99. The van der Waals surface area contributed by atoms with Gasteiger partial charge in [0, 0.05) is 0 Å². The Morgan fingerprint density at radius 1 is 0.491 bits per heavy atom. The highest BCUT2D eigenvalue weighted by Crippen LogP contribution is 2.36. The van der Waals surface area contributed by atoms with Crippen LogP contribution in [0.5, 0.6) is 0 Å². The van der Waals surface area contributed by atoms with Crippen LogP contribution in [-0.4, -0.2) is 148 Å². The Balaban J connectivity index is 4.09. The van der Waals surface area contributed by atoms with Crippen molar-refractivity contribution in [1.29, 1.82) is 0 Å². The molecule has 20 heteroatoms. The van der Waals surface area contributed by atoms with E-state index in [1.54, 1.807) is 13.3 Å². The van der Waals surface area contributed by atoms with Crippen LogP contribution >= 0.6 is 0 Å². The second kappa shape index (κ2) is 21.5. The Morgan fingerprint density at radius 2 is 0.912 bits per heavy atom. The van der Waals surface area contributed by atoms with Crippen LogP contribution in [0.25, 0.3) is 0 Å². The van der Waals surface area contributed by atoms with E-state index in [0.717, 1.165) is 0 Å². The first-order valence-corrected chi connectivity index (χ1v) is 48.2. The zero-order valence-electron chi connectivity index (χ0n) is 41.1. The molecule has 0 aromatic rings. The number of hydrogen-bond donors (Lipinski definition) is 0. The SMILES string of the molecule is CON=CC(O[Si](C)(C)C)C(O[Si](C)(C)C)C(O[Si](C)(C)C)C(COC1OC(CO[Si](C)(C)C)C(O[Si](C)(C)C)C(O[Si](C)(C)C)C1O[Si](C)(C)C)O[Si](C)(C)C. The molecule has 1 aliphatic rings. The predicted molar refractivity (Wildman–Crippen MR) is 257 cm³/mol. The summed E-state index contributed by atoms with van der Waals surface area (Å²) in [6.45, 7) is 53.1. The predicted octanol–water partition coefficient (Wildman–Crippen LogP) is 9.75. The Bertz CT molecular complexity index is 1210. The third-order valence-electron chi connectivity index (χ3n) is 7.47. The highest BCUT2D eigenvalue weighted by atomic mass is 28.4. The molecule has 1 fully saturated rings. The Labute approximate surface area is 358 Å². The quantitative estimate of drug-likeness (QED) is 0.0495. The summed E-state index contributed by atoms with van der Waals surface area (Å²) in [4.78, 5) is 5.23. The molecule has 57 heavy (non-hydrogen) atoms. The van der Waals surface area contributed by atoms with Gasteiger partial charge in [-0.3, -0.25) is 0 Å². The first-order valence-electron chi connectivity index (χ1n) is 20.9. The number of nitrogens with zero attached hydrogens (tertiary/aromatic N) is 1. The summed E-state index contributed by atoms with van der Waals surface area (Å²) in [5, 5.41) is 4.23. The van der Waals surface area contributed by atoms with Crippen LogP contribution in [0.15, 0.2) is 5.16 Å². The van der Waals surface area contributed by atoms with Gasteiger partial charge in [-0.15, -0.1) is 0 Å². The van der Waals surface area contributed by atoms with Crippen LogP contribution in [0.1, 0.15) is 0 Å². The summed E-state index contributed by atoms with van der Waals surface area (Å²) in [6, 6.07) is 0. The van der Waals surface area contributed by atoms with Crippen LogP contribution in [0.4, 0.5) is 0 Å².